The van der Waals surface area contributed by atoms with Gasteiger partial charge in [-0.05, 0) is 57.7 Å². The van der Waals surface area contributed by atoms with Gasteiger partial charge in [0.2, 0.25) is 0 Å². The van der Waals surface area contributed by atoms with Crippen molar-refractivity contribution in [3.63, 3.8) is 0 Å². The predicted molar refractivity (Wildman–Crippen MR) is 84.4 cm³/mol. The van der Waals surface area contributed by atoms with Crippen LogP contribution in [0.4, 0.5) is 0 Å². The Labute approximate surface area is 122 Å². The molecule has 0 radical (unpaired) electrons. The smallest absolute Gasteiger partial charge is 0.118 e. The largest absolute Gasteiger partial charge is 0.497 e. The molecule has 0 bridgehead atoms. The maximum atomic E-state index is 5.19. The van der Waals surface area contributed by atoms with Crippen LogP contribution in [0, 0.1) is 0 Å². The van der Waals surface area contributed by atoms with E-state index in [4.69, 9.17) is 9.84 Å². The monoisotopic (exact) mass is 274 g/mol. The summed E-state index contributed by atoms with van der Waals surface area (Å²) in [6, 6.07) is 9.36. The molecule has 2 unspecified atom stereocenters. The zero-order valence-corrected chi connectivity index (χ0v) is 13.1. The van der Waals surface area contributed by atoms with Gasteiger partial charge < -0.3 is 4.74 Å². The topological polar surface area (TPSA) is 24.8 Å². The van der Waals surface area contributed by atoms with Gasteiger partial charge in [0.05, 0.1) is 7.11 Å². The quantitative estimate of drug-likeness (QED) is 0.778. The Morgan fingerprint density at radius 3 is 2.35 bits per heavy atom. The van der Waals surface area contributed by atoms with Gasteiger partial charge in [0.25, 0.3) is 0 Å². The number of rotatable bonds is 4. The first kappa shape index (κ1) is 14.9. The number of benzene rings is 1. The van der Waals surface area contributed by atoms with Crippen LogP contribution in [0.5, 0.6) is 5.75 Å². The molecule has 1 heterocycles. The van der Waals surface area contributed by atoms with Gasteiger partial charge in [-0.3, -0.25) is 5.01 Å². The van der Waals surface area contributed by atoms with Crippen LogP contribution >= 0.6 is 0 Å². The van der Waals surface area contributed by atoms with E-state index >= 15 is 0 Å². The molecule has 0 amide bonds. The van der Waals surface area contributed by atoms with Crippen molar-refractivity contribution in [1.29, 1.82) is 0 Å². The van der Waals surface area contributed by atoms with Crippen molar-refractivity contribution < 1.29 is 4.74 Å². The molecule has 1 aliphatic rings. The predicted octanol–water partition coefficient (Wildman–Crippen LogP) is 3.88. The molecule has 2 atom stereocenters. The van der Waals surface area contributed by atoms with Gasteiger partial charge in [-0.15, -0.1) is 0 Å². The molecule has 1 aromatic carbocycles. The summed E-state index contributed by atoms with van der Waals surface area (Å²) in [7, 11) is 1.70. The number of hydrogen-bond donors (Lipinski definition) is 0. The first-order valence-electron chi connectivity index (χ1n) is 7.55. The third-order valence-corrected chi connectivity index (χ3v) is 4.05. The second-order valence-electron chi connectivity index (χ2n) is 5.87. The lowest BCUT2D eigenvalue weighted by atomic mass is 10.00. The summed E-state index contributed by atoms with van der Waals surface area (Å²) in [6.45, 7) is 6.68. The van der Waals surface area contributed by atoms with E-state index < -0.39 is 0 Å². The summed E-state index contributed by atoms with van der Waals surface area (Å²) >= 11 is 0. The van der Waals surface area contributed by atoms with Crippen LogP contribution in [0.3, 0.4) is 0 Å². The highest BCUT2D eigenvalue weighted by molar-refractivity contribution is 5.84. The molecule has 0 spiro atoms. The van der Waals surface area contributed by atoms with E-state index in [-0.39, 0.29) is 0 Å². The minimum atomic E-state index is 0.560. The van der Waals surface area contributed by atoms with Crippen molar-refractivity contribution in [1.82, 2.24) is 5.01 Å². The van der Waals surface area contributed by atoms with Crippen LogP contribution in [-0.2, 0) is 6.42 Å². The molecule has 0 aromatic heterocycles. The van der Waals surface area contributed by atoms with Gasteiger partial charge in [-0.25, -0.2) is 0 Å². The molecule has 1 fully saturated rings. The van der Waals surface area contributed by atoms with Crippen LogP contribution < -0.4 is 4.74 Å². The second-order valence-corrected chi connectivity index (χ2v) is 5.87. The Morgan fingerprint density at radius 2 is 1.80 bits per heavy atom. The summed E-state index contributed by atoms with van der Waals surface area (Å²) in [5.74, 6) is 0.904. The maximum absolute atomic E-state index is 5.19. The lowest BCUT2D eigenvalue weighted by Gasteiger charge is -2.37. The fraction of sp³-hybridized carbons (Fsp3) is 0.588. The number of hydrazone groups is 1. The molecule has 20 heavy (non-hydrogen) atoms. The van der Waals surface area contributed by atoms with Gasteiger partial charge in [-0.1, -0.05) is 12.1 Å². The van der Waals surface area contributed by atoms with Crippen LogP contribution in [0.2, 0.25) is 0 Å². The van der Waals surface area contributed by atoms with E-state index in [1.54, 1.807) is 7.11 Å². The van der Waals surface area contributed by atoms with E-state index in [1.807, 2.05) is 12.1 Å². The summed E-state index contributed by atoms with van der Waals surface area (Å²) in [6.07, 6.45) is 4.74. The average Bonchev–Trinajstić information content (AvgIpc) is 2.44. The van der Waals surface area contributed by atoms with E-state index in [9.17, 15) is 0 Å². The van der Waals surface area contributed by atoms with E-state index in [0.717, 1.165) is 12.2 Å². The van der Waals surface area contributed by atoms with Gasteiger partial charge in [0.15, 0.2) is 0 Å². The zero-order chi connectivity index (χ0) is 14.5. The average molecular weight is 274 g/mol. The molecular weight excluding hydrogens is 248 g/mol. The minimum Gasteiger partial charge on any atom is -0.497 e. The fourth-order valence-corrected chi connectivity index (χ4v) is 2.88. The Bertz CT molecular complexity index is 443. The lowest BCUT2D eigenvalue weighted by Crippen LogP contribution is -2.40. The summed E-state index contributed by atoms with van der Waals surface area (Å²) in [5, 5.41) is 7.15. The van der Waals surface area contributed by atoms with Gasteiger partial charge in [-0.2, -0.15) is 5.10 Å². The number of methoxy groups -OCH3 is 1. The Balaban J connectivity index is 2.02. The fourth-order valence-electron chi connectivity index (χ4n) is 2.88. The molecular formula is C17H26N2O. The highest BCUT2D eigenvalue weighted by atomic mass is 16.5. The van der Waals surface area contributed by atoms with Crippen molar-refractivity contribution in [3.8, 4) is 5.75 Å². The molecule has 3 nitrogen and oxygen atoms in total. The minimum absolute atomic E-state index is 0.560. The third-order valence-electron chi connectivity index (χ3n) is 4.05. The van der Waals surface area contributed by atoms with Gasteiger partial charge in [0.1, 0.15) is 5.75 Å². The number of nitrogens with zero attached hydrogens (tertiary/aromatic N) is 2. The van der Waals surface area contributed by atoms with Crippen molar-refractivity contribution in [3.05, 3.63) is 29.8 Å². The highest BCUT2D eigenvalue weighted by Gasteiger charge is 2.23. The van der Waals surface area contributed by atoms with Crippen molar-refractivity contribution in [2.24, 2.45) is 5.10 Å². The lowest BCUT2D eigenvalue weighted by molar-refractivity contribution is 0.108. The van der Waals surface area contributed by atoms with Crippen molar-refractivity contribution in [2.75, 3.05) is 7.11 Å². The molecule has 3 heteroatoms. The summed E-state index contributed by atoms with van der Waals surface area (Å²) < 4.78 is 5.19. The molecule has 1 aromatic rings. The van der Waals surface area contributed by atoms with Gasteiger partial charge in [0, 0.05) is 24.2 Å². The van der Waals surface area contributed by atoms with Crippen molar-refractivity contribution in [2.45, 2.75) is 58.5 Å². The second kappa shape index (κ2) is 6.78. The molecule has 0 N–H and O–H groups in total. The van der Waals surface area contributed by atoms with Crippen LogP contribution in [-0.4, -0.2) is 29.9 Å². The van der Waals surface area contributed by atoms with Crippen LogP contribution in [0.25, 0.3) is 0 Å². The van der Waals surface area contributed by atoms with Crippen molar-refractivity contribution >= 4 is 5.71 Å². The Morgan fingerprint density at radius 1 is 1.20 bits per heavy atom. The molecule has 0 aliphatic carbocycles. The molecule has 0 saturated carbocycles. The Hall–Kier alpha value is -1.51. The summed E-state index contributed by atoms with van der Waals surface area (Å²) in [5.41, 5.74) is 2.46. The van der Waals surface area contributed by atoms with Crippen LogP contribution in [0.1, 0.15) is 45.6 Å². The van der Waals surface area contributed by atoms with Gasteiger partial charge >= 0.3 is 0 Å². The van der Waals surface area contributed by atoms with Crippen LogP contribution in [0.15, 0.2) is 29.4 Å². The first-order chi connectivity index (χ1) is 9.60. The standard InChI is InChI=1S/C17H26N2O/c1-13(12-16-8-10-17(20-4)11-9-16)18-19-14(2)6-5-7-15(19)3/h8-11,14-15H,5-7,12H2,1-4H3. The molecule has 110 valence electrons. The highest BCUT2D eigenvalue weighted by Crippen LogP contribution is 2.23. The summed E-state index contributed by atoms with van der Waals surface area (Å²) in [4.78, 5) is 0. The Kier molecular flexibility index (Phi) is 5.05. The molecule has 1 saturated heterocycles. The number of hydrogen-bond acceptors (Lipinski definition) is 3. The maximum Gasteiger partial charge on any atom is 0.118 e. The molecule has 1 aliphatic heterocycles. The SMILES string of the molecule is COc1ccc(CC(C)=NN2C(C)CCCC2C)cc1. The first-order valence-corrected chi connectivity index (χ1v) is 7.55. The normalized spacial score (nSPS) is 23.8. The number of piperidine rings is 1. The zero-order valence-electron chi connectivity index (χ0n) is 13.1. The number of ether oxygens (including phenoxy) is 1. The van der Waals surface area contributed by atoms with E-state index in [1.165, 1.54) is 30.5 Å². The van der Waals surface area contributed by atoms with E-state index in [0.29, 0.717) is 12.1 Å². The van der Waals surface area contributed by atoms with E-state index in [2.05, 4.69) is 37.9 Å². The third kappa shape index (κ3) is 3.75. The molecule has 2 rings (SSSR count).